The lowest BCUT2D eigenvalue weighted by molar-refractivity contribution is -0.135. The maximum Gasteiger partial charge on any atom is 0.407 e. The van der Waals surface area contributed by atoms with Crippen LogP contribution in [0.2, 0.25) is 0 Å². The number of hydrazine groups is 1. The van der Waals surface area contributed by atoms with Gasteiger partial charge in [0.1, 0.15) is 0 Å². The summed E-state index contributed by atoms with van der Waals surface area (Å²) < 4.78 is 2.32. The molecule has 31 heavy (non-hydrogen) atoms. The molecule has 0 spiro atoms. The molecule has 0 saturated carbocycles. The molecule has 3 saturated heterocycles. The Morgan fingerprint density at radius 3 is 2.26 bits per heavy atom. The molecule has 10 heteroatoms. The fourth-order valence-electron chi connectivity index (χ4n) is 4.36. The summed E-state index contributed by atoms with van der Waals surface area (Å²) in [6.45, 7) is 8.56. The van der Waals surface area contributed by atoms with Crippen molar-refractivity contribution in [3.8, 4) is 0 Å². The second-order valence-corrected chi connectivity index (χ2v) is 9.26. The van der Waals surface area contributed by atoms with Crippen molar-refractivity contribution in [2.75, 3.05) is 69.8 Å². The first-order valence-electron chi connectivity index (χ1n) is 11.0. The Balaban J connectivity index is 1.19. The molecule has 2 amide bonds. The van der Waals surface area contributed by atoms with E-state index in [1.54, 1.807) is 0 Å². The van der Waals surface area contributed by atoms with E-state index in [1.807, 2.05) is 22.9 Å². The molecule has 3 aliphatic rings. The number of carbonyl (C=O) groups excluding carboxylic acids is 1. The second kappa shape index (κ2) is 10.1. The van der Waals surface area contributed by atoms with Crippen LogP contribution in [-0.4, -0.2) is 112 Å². The lowest BCUT2D eigenvalue weighted by Crippen LogP contribution is -2.55. The lowest BCUT2D eigenvalue weighted by atomic mass is 10.1. The van der Waals surface area contributed by atoms with Crippen LogP contribution in [0.5, 0.6) is 0 Å². The number of amides is 2. The Hall–Kier alpha value is -2.01. The summed E-state index contributed by atoms with van der Waals surface area (Å²) in [6.07, 6.45) is -0.364. The SMILES string of the molecule is CC(CC(=O)N1CCN(N2CN(c3ccccc3)CS2)CC1)N1CCN(C(=O)O)CC1. The van der Waals surface area contributed by atoms with Gasteiger partial charge in [0.2, 0.25) is 5.91 Å². The topological polar surface area (TPSA) is 73.8 Å². The third-order valence-corrected chi connectivity index (χ3v) is 7.45. The molecule has 3 aliphatic heterocycles. The Labute approximate surface area is 188 Å². The molecule has 1 unspecified atom stereocenters. The summed E-state index contributed by atoms with van der Waals surface area (Å²) in [4.78, 5) is 31.9. The highest BCUT2D eigenvalue weighted by Gasteiger charge is 2.31. The van der Waals surface area contributed by atoms with Gasteiger partial charge in [0.15, 0.2) is 0 Å². The van der Waals surface area contributed by atoms with Crippen LogP contribution in [0, 0.1) is 0 Å². The Bertz CT molecular complexity index is 753. The molecule has 1 aromatic carbocycles. The van der Waals surface area contributed by atoms with E-state index in [9.17, 15) is 9.59 Å². The molecule has 1 N–H and O–H groups in total. The average Bonchev–Trinajstić information content (AvgIpc) is 3.30. The van der Waals surface area contributed by atoms with Crippen molar-refractivity contribution in [3.05, 3.63) is 30.3 Å². The van der Waals surface area contributed by atoms with Gasteiger partial charge in [0, 0.05) is 70.5 Å². The highest BCUT2D eigenvalue weighted by atomic mass is 32.2. The molecule has 170 valence electrons. The highest BCUT2D eigenvalue weighted by molar-refractivity contribution is 7.97. The van der Waals surface area contributed by atoms with Crippen molar-refractivity contribution in [2.24, 2.45) is 0 Å². The summed E-state index contributed by atoms with van der Waals surface area (Å²) in [5.74, 6) is 1.14. The number of anilines is 1. The maximum absolute atomic E-state index is 12.8. The van der Waals surface area contributed by atoms with Crippen molar-refractivity contribution in [3.63, 3.8) is 0 Å². The molecule has 1 atom stereocenters. The zero-order valence-electron chi connectivity index (χ0n) is 18.1. The van der Waals surface area contributed by atoms with Crippen LogP contribution in [0.1, 0.15) is 13.3 Å². The van der Waals surface area contributed by atoms with E-state index < -0.39 is 6.09 Å². The minimum atomic E-state index is -0.857. The molecule has 9 nitrogen and oxygen atoms in total. The number of rotatable bonds is 5. The fraction of sp³-hybridized carbons (Fsp3) is 0.619. The number of benzene rings is 1. The van der Waals surface area contributed by atoms with E-state index in [0.29, 0.717) is 32.6 Å². The van der Waals surface area contributed by atoms with Crippen LogP contribution in [-0.2, 0) is 4.79 Å². The summed E-state index contributed by atoms with van der Waals surface area (Å²) in [6, 6.07) is 10.6. The molecule has 0 aromatic heterocycles. The number of carbonyl (C=O) groups is 2. The first kappa shape index (κ1) is 22.2. The van der Waals surface area contributed by atoms with Gasteiger partial charge in [-0.2, -0.15) is 4.41 Å². The van der Waals surface area contributed by atoms with Crippen molar-refractivity contribution in [2.45, 2.75) is 19.4 Å². The maximum atomic E-state index is 12.8. The predicted molar refractivity (Wildman–Crippen MR) is 121 cm³/mol. The first-order chi connectivity index (χ1) is 15.0. The van der Waals surface area contributed by atoms with Gasteiger partial charge in [-0.1, -0.05) is 18.2 Å². The van der Waals surface area contributed by atoms with E-state index in [2.05, 4.69) is 50.4 Å². The largest absolute Gasteiger partial charge is 0.465 e. The quantitative estimate of drug-likeness (QED) is 0.680. The lowest BCUT2D eigenvalue weighted by Gasteiger charge is -2.40. The van der Waals surface area contributed by atoms with Gasteiger partial charge in [0.25, 0.3) is 0 Å². The van der Waals surface area contributed by atoms with Crippen molar-refractivity contribution < 1.29 is 14.7 Å². The van der Waals surface area contributed by atoms with E-state index in [-0.39, 0.29) is 11.9 Å². The smallest absolute Gasteiger partial charge is 0.407 e. The van der Waals surface area contributed by atoms with Crippen molar-refractivity contribution >= 4 is 29.6 Å². The minimum Gasteiger partial charge on any atom is -0.465 e. The standard InChI is InChI=1S/C21H32N6O3S/c1-18(22-7-9-24(10-8-22)21(29)30)15-20(28)23-11-13-26(14-12-23)27-16-25(17-31-27)19-5-3-2-4-6-19/h2-6,18H,7-17H2,1H3,(H,29,30). The third-order valence-electron chi connectivity index (χ3n) is 6.38. The van der Waals surface area contributed by atoms with Gasteiger partial charge >= 0.3 is 6.09 Å². The monoisotopic (exact) mass is 448 g/mol. The number of nitrogens with zero attached hydrogens (tertiary/aromatic N) is 6. The van der Waals surface area contributed by atoms with Crippen LogP contribution in [0.25, 0.3) is 0 Å². The van der Waals surface area contributed by atoms with Gasteiger partial charge in [-0.05, 0) is 31.0 Å². The Morgan fingerprint density at radius 2 is 1.61 bits per heavy atom. The van der Waals surface area contributed by atoms with Gasteiger partial charge in [-0.25, -0.2) is 9.80 Å². The molecule has 4 rings (SSSR count). The average molecular weight is 449 g/mol. The van der Waals surface area contributed by atoms with Crippen LogP contribution < -0.4 is 4.90 Å². The van der Waals surface area contributed by atoms with Crippen LogP contribution in [0.15, 0.2) is 30.3 Å². The van der Waals surface area contributed by atoms with Crippen LogP contribution in [0.3, 0.4) is 0 Å². The fourth-order valence-corrected chi connectivity index (χ4v) is 5.41. The molecule has 0 aliphatic carbocycles. The molecule has 0 bridgehead atoms. The number of carboxylic acid groups (broad SMARTS) is 1. The zero-order chi connectivity index (χ0) is 21.8. The van der Waals surface area contributed by atoms with E-state index >= 15 is 0 Å². The zero-order valence-corrected chi connectivity index (χ0v) is 18.9. The minimum absolute atomic E-state index is 0.134. The number of hydrogen-bond donors (Lipinski definition) is 1. The van der Waals surface area contributed by atoms with E-state index in [4.69, 9.17) is 5.11 Å². The van der Waals surface area contributed by atoms with Gasteiger partial charge in [-0.3, -0.25) is 9.69 Å². The Kier molecular flexibility index (Phi) is 7.21. The van der Waals surface area contributed by atoms with Gasteiger partial charge in [0.05, 0.1) is 12.5 Å². The second-order valence-electron chi connectivity index (χ2n) is 8.32. The van der Waals surface area contributed by atoms with Crippen LogP contribution in [0.4, 0.5) is 10.5 Å². The number of para-hydroxylation sites is 1. The van der Waals surface area contributed by atoms with Crippen molar-refractivity contribution in [1.82, 2.24) is 24.1 Å². The summed E-state index contributed by atoms with van der Waals surface area (Å²) in [5.41, 5.74) is 1.24. The molecular formula is C21H32N6O3S. The highest BCUT2D eigenvalue weighted by Crippen LogP contribution is 2.28. The Morgan fingerprint density at radius 1 is 0.968 bits per heavy atom. The van der Waals surface area contributed by atoms with E-state index in [1.165, 1.54) is 10.6 Å². The van der Waals surface area contributed by atoms with Crippen molar-refractivity contribution in [1.29, 1.82) is 0 Å². The molecule has 0 radical (unpaired) electrons. The van der Waals surface area contributed by atoms with E-state index in [0.717, 1.165) is 38.7 Å². The molecule has 3 heterocycles. The van der Waals surface area contributed by atoms with Crippen LogP contribution >= 0.6 is 11.9 Å². The normalized spacial score (nSPS) is 22.7. The predicted octanol–water partition coefficient (Wildman–Crippen LogP) is 1.51. The van der Waals surface area contributed by atoms with Gasteiger partial charge in [-0.15, -0.1) is 0 Å². The number of piperazine rings is 2. The summed E-state index contributed by atoms with van der Waals surface area (Å²) in [5, 5.41) is 11.4. The number of hydrogen-bond acceptors (Lipinski definition) is 7. The summed E-state index contributed by atoms with van der Waals surface area (Å²) in [7, 11) is 0. The molecule has 1 aromatic rings. The summed E-state index contributed by atoms with van der Waals surface area (Å²) >= 11 is 1.82. The third kappa shape index (κ3) is 5.43. The molecule has 3 fully saturated rings. The molecular weight excluding hydrogens is 416 g/mol. The first-order valence-corrected chi connectivity index (χ1v) is 11.9. The van der Waals surface area contributed by atoms with Gasteiger partial charge < -0.3 is 19.8 Å².